The van der Waals surface area contributed by atoms with Crippen molar-refractivity contribution in [3.05, 3.63) is 35.9 Å². The lowest BCUT2D eigenvalue weighted by atomic mass is 10.1. The zero-order valence-corrected chi connectivity index (χ0v) is 12.2. The molecule has 112 valence electrons. The number of aliphatic hydroxyl groups excluding tert-OH is 1. The molecule has 2 rings (SSSR count). The van der Waals surface area contributed by atoms with Gasteiger partial charge < -0.3 is 24.2 Å². The summed E-state index contributed by atoms with van der Waals surface area (Å²) >= 11 is 0. The molecule has 0 unspecified atom stereocenters. The Hall–Kier alpha value is -0.980. The largest absolute Gasteiger partial charge is 0.386 e. The van der Waals surface area contributed by atoms with Crippen molar-refractivity contribution in [2.75, 3.05) is 27.8 Å². The van der Waals surface area contributed by atoms with Crippen LogP contribution in [0.3, 0.4) is 0 Å². The van der Waals surface area contributed by atoms with Gasteiger partial charge in [0.25, 0.3) is 0 Å². The summed E-state index contributed by atoms with van der Waals surface area (Å²) in [4.78, 5) is 1.94. The third-order valence-corrected chi connectivity index (χ3v) is 3.54. The van der Waals surface area contributed by atoms with Gasteiger partial charge in [-0.2, -0.15) is 0 Å². The van der Waals surface area contributed by atoms with Crippen LogP contribution >= 0.6 is 0 Å². The van der Waals surface area contributed by atoms with Crippen LogP contribution in [0.1, 0.15) is 5.56 Å². The molecular formula is C15H23NO4. The Morgan fingerprint density at radius 3 is 2.55 bits per heavy atom. The predicted octanol–water partition coefficient (Wildman–Crippen LogP) is 0.866. The summed E-state index contributed by atoms with van der Waals surface area (Å²) in [5.41, 5.74) is 1.12. The first kappa shape index (κ1) is 15.4. The second-order valence-corrected chi connectivity index (χ2v) is 5.22. The van der Waals surface area contributed by atoms with Gasteiger partial charge in [-0.05, 0) is 19.7 Å². The molecule has 0 aromatic heterocycles. The summed E-state index contributed by atoms with van der Waals surface area (Å²) in [6, 6.07) is 9.86. The molecule has 5 heteroatoms. The van der Waals surface area contributed by atoms with Crippen molar-refractivity contribution in [3.8, 4) is 0 Å². The van der Waals surface area contributed by atoms with E-state index in [1.165, 1.54) is 7.11 Å². The summed E-state index contributed by atoms with van der Waals surface area (Å²) < 4.78 is 16.5. The monoisotopic (exact) mass is 281 g/mol. The Balaban J connectivity index is 1.87. The Morgan fingerprint density at radius 2 is 1.95 bits per heavy atom. The van der Waals surface area contributed by atoms with Crippen LogP contribution in [0.25, 0.3) is 0 Å². The minimum atomic E-state index is -0.666. The minimum Gasteiger partial charge on any atom is -0.386 e. The molecule has 0 aliphatic carbocycles. The van der Waals surface area contributed by atoms with Gasteiger partial charge in [0.15, 0.2) is 6.29 Å². The van der Waals surface area contributed by atoms with E-state index in [1.54, 1.807) is 0 Å². The molecule has 5 nitrogen and oxygen atoms in total. The Kier molecular flexibility index (Phi) is 5.51. The van der Waals surface area contributed by atoms with E-state index >= 15 is 0 Å². The van der Waals surface area contributed by atoms with Gasteiger partial charge in [0, 0.05) is 7.11 Å². The van der Waals surface area contributed by atoms with Crippen LogP contribution in [0, 0.1) is 0 Å². The first-order valence-electron chi connectivity index (χ1n) is 6.78. The lowest BCUT2D eigenvalue weighted by Crippen LogP contribution is -2.45. The molecular weight excluding hydrogens is 258 g/mol. The highest BCUT2D eigenvalue weighted by Gasteiger charge is 2.45. The number of ether oxygens (including phenoxy) is 3. The summed E-state index contributed by atoms with van der Waals surface area (Å²) in [5.74, 6) is 0. The second kappa shape index (κ2) is 7.15. The highest BCUT2D eigenvalue weighted by atomic mass is 16.7. The Morgan fingerprint density at radius 1 is 1.25 bits per heavy atom. The highest BCUT2D eigenvalue weighted by Crippen LogP contribution is 2.25. The molecule has 0 spiro atoms. The molecule has 1 aromatic carbocycles. The van der Waals surface area contributed by atoms with E-state index in [0.29, 0.717) is 13.2 Å². The first-order chi connectivity index (χ1) is 9.63. The molecule has 1 aliphatic rings. The van der Waals surface area contributed by atoms with Crippen molar-refractivity contribution in [2.24, 2.45) is 0 Å². The van der Waals surface area contributed by atoms with Crippen LogP contribution in [0.5, 0.6) is 0 Å². The molecule has 4 atom stereocenters. The van der Waals surface area contributed by atoms with Gasteiger partial charge in [-0.1, -0.05) is 30.3 Å². The van der Waals surface area contributed by atoms with Gasteiger partial charge in [0.2, 0.25) is 0 Å². The van der Waals surface area contributed by atoms with E-state index in [0.717, 1.165) is 5.56 Å². The van der Waals surface area contributed by atoms with E-state index < -0.39 is 12.4 Å². The Labute approximate surface area is 120 Å². The van der Waals surface area contributed by atoms with Gasteiger partial charge in [-0.25, -0.2) is 0 Å². The van der Waals surface area contributed by atoms with Crippen LogP contribution in [-0.4, -0.2) is 62.4 Å². The maximum Gasteiger partial charge on any atom is 0.185 e. The van der Waals surface area contributed by atoms with Gasteiger partial charge in [-0.3, -0.25) is 0 Å². The van der Waals surface area contributed by atoms with Crippen molar-refractivity contribution in [2.45, 2.75) is 31.1 Å². The van der Waals surface area contributed by atoms with Crippen molar-refractivity contribution in [1.29, 1.82) is 0 Å². The summed E-state index contributed by atoms with van der Waals surface area (Å²) in [6.07, 6.45) is -1.46. The SMILES string of the molecule is CO[C@H]1O[C@H](COCc2ccccc2)[C@@H](N(C)C)[C@@H]1O. The van der Waals surface area contributed by atoms with Gasteiger partial charge in [-0.15, -0.1) is 0 Å². The fraction of sp³-hybridized carbons (Fsp3) is 0.600. The van der Waals surface area contributed by atoms with E-state index in [4.69, 9.17) is 14.2 Å². The van der Waals surface area contributed by atoms with Crippen molar-refractivity contribution < 1.29 is 19.3 Å². The molecule has 0 saturated carbocycles. The number of benzene rings is 1. The fourth-order valence-electron chi connectivity index (χ4n) is 2.55. The van der Waals surface area contributed by atoms with Gasteiger partial charge >= 0.3 is 0 Å². The molecule has 1 heterocycles. The minimum absolute atomic E-state index is 0.129. The smallest absolute Gasteiger partial charge is 0.185 e. The summed E-state index contributed by atoms with van der Waals surface area (Å²) in [7, 11) is 5.37. The number of aliphatic hydroxyl groups is 1. The predicted molar refractivity (Wildman–Crippen MR) is 75.2 cm³/mol. The van der Waals surface area contributed by atoms with E-state index in [9.17, 15) is 5.11 Å². The lowest BCUT2D eigenvalue weighted by molar-refractivity contribution is -0.156. The van der Waals surface area contributed by atoms with Crippen LogP contribution < -0.4 is 0 Å². The van der Waals surface area contributed by atoms with Gasteiger partial charge in [0.05, 0.1) is 19.3 Å². The number of nitrogens with zero attached hydrogens (tertiary/aromatic N) is 1. The van der Waals surface area contributed by atoms with Crippen molar-refractivity contribution in [3.63, 3.8) is 0 Å². The average Bonchev–Trinajstić information content (AvgIpc) is 2.76. The molecule has 1 saturated heterocycles. The van der Waals surface area contributed by atoms with Crippen LogP contribution in [0.2, 0.25) is 0 Å². The molecule has 1 aromatic rings. The molecule has 0 radical (unpaired) electrons. The Bertz CT molecular complexity index is 398. The maximum atomic E-state index is 10.2. The second-order valence-electron chi connectivity index (χ2n) is 5.22. The molecule has 0 bridgehead atoms. The summed E-state index contributed by atoms with van der Waals surface area (Å²) in [6.45, 7) is 0.962. The molecule has 20 heavy (non-hydrogen) atoms. The standard InChI is InChI=1S/C15H23NO4/c1-16(2)13-12(20-15(18-3)14(13)17)10-19-9-11-7-5-4-6-8-11/h4-8,12-15,17H,9-10H2,1-3H3/t12-,13-,14+,15+/m1/s1. The quantitative estimate of drug-likeness (QED) is 0.838. The van der Waals surface area contributed by atoms with Crippen LogP contribution in [0.4, 0.5) is 0 Å². The van der Waals surface area contributed by atoms with E-state index in [2.05, 4.69) is 0 Å². The van der Waals surface area contributed by atoms with E-state index in [1.807, 2.05) is 49.3 Å². The number of rotatable bonds is 6. The van der Waals surface area contributed by atoms with Gasteiger partial charge in [0.1, 0.15) is 12.2 Å². The average molecular weight is 281 g/mol. The number of hydrogen-bond acceptors (Lipinski definition) is 5. The van der Waals surface area contributed by atoms with Crippen molar-refractivity contribution in [1.82, 2.24) is 4.90 Å². The lowest BCUT2D eigenvalue weighted by Gasteiger charge is -2.26. The topological polar surface area (TPSA) is 51.2 Å². The normalized spacial score (nSPS) is 30.1. The van der Waals surface area contributed by atoms with E-state index in [-0.39, 0.29) is 12.1 Å². The number of likely N-dealkylation sites (N-methyl/N-ethyl adjacent to an activating group) is 1. The third kappa shape index (κ3) is 3.56. The molecule has 1 fully saturated rings. The van der Waals surface area contributed by atoms with Crippen molar-refractivity contribution >= 4 is 0 Å². The highest BCUT2D eigenvalue weighted by molar-refractivity contribution is 5.13. The first-order valence-corrected chi connectivity index (χ1v) is 6.78. The number of hydrogen-bond donors (Lipinski definition) is 1. The molecule has 1 aliphatic heterocycles. The maximum absolute atomic E-state index is 10.2. The zero-order chi connectivity index (χ0) is 14.5. The molecule has 0 amide bonds. The molecule has 1 N–H and O–H groups in total. The van der Waals surface area contributed by atoms with Crippen LogP contribution in [-0.2, 0) is 20.8 Å². The number of methoxy groups -OCH3 is 1. The fourth-order valence-corrected chi connectivity index (χ4v) is 2.55. The third-order valence-electron chi connectivity index (χ3n) is 3.54. The zero-order valence-electron chi connectivity index (χ0n) is 12.2. The van der Waals surface area contributed by atoms with Crippen LogP contribution in [0.15, 0.2) is 30.3 Å². The summed E-state index contributed by atoms with van der Waals surface area (Å²) in [5, 5.41) is 10.2.